The van der Waals surface area contributed by atoms with Gasteiger partial charge in [0.1, 0.15) is 11.4 Å². The Bertz CT molecular complexity index is 473. The molecule has 0 unspecified atom stereocenters. The topological polar surface area (TPSA) is 30.7 Å². The number of aryl methyl sites for hydroxylation is 1. The molecule has 0 N–H and O–H groups in total. The Morgan fingerprint density at radius 1 is 1.47 bits per heavy atom. The van der Waals surface area contributed by atoms with E-state index in [1.54, 1.807) is 17.7 Å². The van der Waals surface area contributed by atoms with Crippen LogP contribution >= 0.6 is 27.3 Å². The molecular weight excluding hydrogens is 274 g/mol. The molecule has 0 radical (unpaired) electrons. The summed E-state index contributed by atoms with van der Waals surface area (Å²) in [5.74, 6) is 0.478. The van der Waals surface area contributed by atoms with E-state index < -0.39 is 0 Å². The predicted octanol–water partition coefficient (Wildman–Crippen LogP) is 3.43. The number of aromatic nitrogens is 3. The van der Waals surface area contributed by atoms with Crippen LogP contribution in [0.5, 0.6) is 0 Å². The van der Waals surface area contributed by atoms with Crippen molar-refractivity contribution >= 4 is 27.3 Å². The van der Waals surface area contributed by atoms with Crippen molar-refractivity contribution in [3.05, 3.63) is 21.3 Å². The monoisotopic (exact) mass is 285 g/mol. The van der Waals surface area contributed by atoms with Crippen molar-refractivity contribution in [1.82, 2.24) is 14.5 Å². The molecule has 3 nitrogen and oxygen atoms in total. The highest BCUT2D eigenvalue weighted by Crippen LogP contribution is 2.35. The summed E-state index contributed by atoms with van der Waals surface area (Å²) in [5.41, 5.74) is 1.95. The zero-order chi connectivity index (χ0) is 11.0. The van der Waals surface area contributed by atoms with Crippen LogP contribution in [0.3, 0.4) is 0 Å². The van der Waals surface area contributed by atoms with E-state index in [1.165, 1.54) is 4.88 Å². The van der Waals surface area contributed by atoms with E-state index in [9.17, 15) is 0 Å². The molecule has 0 spiro atoms. The van der Waals surface area contributed by atoms with Gasteiger partial charge < -0.3 is 4.57 Å². The fourth-order valence-corrected chi connectivity index (χ4v) is 2.92. The highest BCUT2D eigenvalue weighted by molar-refractivity contribution is 9.11. The maximum absolute atomic E-state index is 4.47. The molecule has 0 atom stereocenters. The third-order valence-corrected chi connectivity index (χ3v) is 3.91. The van der Waals surface area contributed by atoms with Crippen molar-refractivity contribution in [3.8, 4) is 11.4 Å². The van der Waals surface area contributed by atoms with Crippen molar-refractivity contribution in [3.63, 3.8) is 0 Å². The van der Waals surface area contributed by atoms with E-state index >= 15 is 0 Å². The number of hydrogen-bond acceptors (Lipinski definition) is 3. The molecule has 15 heavy (non-hydrogen) atoms. The van der Waals surface area contributed by atoms with E-state index in [2.05, 4.69) is 39.7 Å². The van der Waals surface area contributed by atoms with Crippen LogP contribution in [-0.2, 0) is 7.05 Å². The first-order chi connectivity index (χ1) is 7.08. The summed E-state index contributed by atoms with van der Waals surface area (Å²) < 4.78 is 2.86. The summed E-state index contributed by atoms with van der Waals surface area (Å²) in [7, 11) is 1.97. The SMILES string of the molecule is CC(C)c1sc(Br)nc1-c1cn(C)cn1. The van der Waals surface area contributed by atoms with Crippen LogP contribution in [0.2, 0.25) is 0 Å². The maximum atomic E-state index is 4.47. The molecule has 2 aromatic heterocycles. The molecule has 0 fully saturated rings. The van der Waals surface area contributed by atoms with Crippen LogP contribution in [0.1, 0.15) is 24.6 Å². The Kier molecular flexibility index (Phi) is 2.93. The summed E-state index contributed by atoms with van der Waals surface area (Å²) in [5, 5.41) is 0. The number of nitrogens with zero attached hydrogens (tertiary/aromatic N) is 3. The van der Waals surface area contributed by atoms with E-state index in [0.29, 0.717) is 5.92 Å². The molecule has 0 bridgehead atoms. The van der Waals surface area contributed by atoms with Crippen molar-refractivity contribution in [2.45, 2.75) is 19.8 Å². The average Bonchev–Trinajstić information content (AvgIpc) is 2.71. The van der Waals surface area contributed by atoms with Crippen molar-refractivity contribution in [1.29, 1.82) is 0 Å². The maximum Gasteiger partial charge on any atom is 0.160 e. The summed E-state index contributed by atoms with van der Waals surface area (Å²) >= 11 is 5.11. The molecule has 0 aromatic carbocycles. The summed E-state index contributed by atoms with van der Waals surface area (Å²) in [4.78, 5) is 10.1. The van der Waals surface area contributed by atoms with Crippen LogP contribution in [0.4, 0.5) is 0 Å². The lowest BCUT2D eigenvalue weighted by Crippen LogP contribution is -1.88. The van der Waals surface area contributed by atoms with Crippen molar-refractivity contribution < 1.29 is 0 Å². The minimum atomic E-state index is 0.478. The van der Waals surface area contributed by atoms with Crippen molar-refractivity contribution in [2.75, 3.05) is 0 Å². The molecule has 80 valence electrons. The first-order valence-electron chi connectivity index (χ1n) is 4.72. The molecule has 0 aliphatic rings. The van der Waals surface area contributed by atoms with Gasteiger partial charge in [-0.2, -0.15) is 0 Å². The molecular formula is C10H12BrN3S. The third kappa shape index (κ3) is 2.13. The Balaban J connectivity index is 2.52. The van der Waals surface area contributed by atoms with E-state index in [4.69, 9.17) is 0 Å². The molecule has 2 heterocycles. The van der Waals surface area contributed by atoms with Gasteiger partial charge >= 0.3 is 0 Å². The highest BCUT2D eigenvalue weighted by atomic mass is 79.9. The predicted molar refractivity (Wildman–Crippen MR) is 66.1 cm³/mol. The molecule has 2 rings (SSSR count). The van der Waals surface area contributed by atoms with Gasteiger partial charge in [-0.15, -0.1) is 11.3 Å². The molecule has 5 heteroatoms. The lowest BCUT2D eigenvalue weighted by Gasteiger charge is -2.01. The standard InChI is InChI=1S/C10H12BrN3S/c1-6(2)9-8(13-10(11)15-9)7-4-14(3)5-12-7/h4-6H,1-3H3. The minimum Gasteiger partial charge on any atom is -0.340 e. The average molecular weight is 286 g/mol. The molecule has 0 aliphatic heterocycles. The number of imidazole rings is 1. The zero-order valence-corrected chi connectivity index (χ0v) is 11.3. The van der Waals surface area contributed by atoms with Crippen LogP contribution in [0, 0.1) is 0 Å². The van der Waals surface area contributed by atoms with Gasteiger partial charge in [0.15, 0.2) is 3.92 Å². The van der Waals surface area contributed by atoms with Crippen LogP contribution in [-0.4, -0.2) is 14.5 Å². The van der Waals surface area contributed by atoms with E-state index in [-0.39, 0.29) is 0 Å². The minimum absolute atomic E-state index is 0.478. The highest BCUT2D eigenvalue weighted by Gasteiger charge is 2.16. The van der Waals surface area contributed by atoms with Gasteiger partial charge in [-0.05, 0) is 21.8 Å². The summed E-state index contributed by atoms with van der Waals surface area (Å²) in [6, 6.07) is 0. The first kappa shape index (κ1) is 10.8. The lowest BCUT2D eigenvalue weighted by atomic mass is 10.1. The van der Waals surface area contributed by atoms with Gasteiger partial charge in [0, 0.05) is 18.1 Å². The fourth-order valence-electron chi connectivity index (χ4n) is 1.41. The summed E-state index contributed by atoms with van der Waals surface area (Å²) in [6.45, 7) is 4.35. The van der Waals surface area contributed by atoms with Gasteiger partial charge in [0.2, 0.25) is 0 Å². The Morgan fingerprint density at radius 2 is 2.20 bits per heavy atom. The van der Waals surface area contributed by atoms with Gasteiger partial charge in [0.25, 0.3) is 0 Å². The second kappa shape index (κ2) is 4.06. The Morgan fingerprint density at radius 3 is 2.73 bits per heavy atom. The Labute approximate surface area is 101 Å². The van der Waals surface area contributed by atoms with Gasteiger partial charge in [0.05, 0.1) is 6.33 Å². The lowest BCUT2D eigenvalue weighted by molar-refractivity contribution is 0.886. The molecule has 0 saturated carbocycles. The molecule has 0 amide bonds. The van der Waals surface area contributed by atoms with Gasteiger partial charge in [-0.3, -0.25) is 0 Å². The molecule has 0 saturated heterocycles. The number of thiazole rings is 1. The largest absolute Gasteiger partial charge is 0.340 e. The second-order valence-corrected chi connectivity index (χ2v) is 6.07. The fraction of sp³-hybridized carbons (Fsp3) is 0.400. The summed E-state index contributed by atoms with van der Waals surface area (Å²) in [6.07, 6.45) is 3.79. The van der Waals surface area contributed by atoms with E-state index in [1.807, 2.05) is 17.8 Å². The quantitative estimate of drug-likeness (QED) is 0.846. The molecule has 0 aliphatic carbocycles. The number of halogens is 1. The smallest absolute Gasteiger partial charge is 0.160 e. The van der Waals surface area contributed by atoms with Crippen molar-refractivity contribution in [2.24, 2.45) is 7.05 Å². The number of hydrogen-bond donors (Lipinski definition) is 0. The van der Waals surface area contributed by atoms with Crippen LogP contribution in [0.25, 0.3) is 11.4 Å². The van der Waals surface area contributed by atoms with Gasteiger partial charge in [-0.1, -0.05) is 13.8 Å². The third-order valence-electron chi connectivity index (χ3n) is 2.10. The first-order valence-corrected chi connectivity index (χ1v) is 6.33. The molecule has 2 aromatic rings. The second-order valence-electron chi connectivity index (χ2n) is 3.76. The van der Waals surface area contributed by atoms with E-state index in [0.717, 1.165) is 15.3 Å². The van der Waals surface area contributed by atoms with Crippen LogP contribution < -0.4 is 0 Å². The zero-order valence-electron chi connectivity index (χ0n) is 8.86. The van der Waals surface area contributed by atoms with Crippen LogP contribution in [0.15, 0.2) is 16.4 Å². The van der Waals surface area contributed by atoms with Gasteiger partial charge in [-0.25, -0.2) is 9.97 Å². The number of rotatable bonds is 2. The normalized spacial score (nSPS) is 11.3. The Hall–Kier alpha value is -0.680.